The van der Waals surface area contributed by atoms with Crippen LogP contribution in [0.15, 0.2) is 24.3 Å². The van der Waals surface area contributed by atoms with Crippen molar-refractivity contribution in [3.05, 3.63) is 35.4 Å². The third-order valence-electron chi connectivity index (χ3n) is 2.28. The average Bonchev–Trinajstić information content (AvgIpc) is 2.35. The first-order valence-electron chi connectivity index (χ1n) is 4.84. The maximum atomic E-state index is 12.3. The van der Waals surface area contributed by atoms with E-state index in [4.69, 9.17) is 11.6 Å². The van der Waals surface area contributed by atoms with Crippen molar-refractivity contribution in [3.63, 3.8) is 0 Å². The number of hydrogen-bond donors (Lipinski definition) is 1. The minimum atomic E-state index is -4.45. The molecule has 18 heavy (non-hydrogen) atoms. The molecule has 0 saturated heterocycles. The van der Waals surface area contributed by atoms with Crippen LogP contribution in [0.25, 0.3) is 0 Å². The third-order valence-corrected chi connectivity index (χ3v) is 2.70. The second-order valence-electron chi connectivity index (χ2n) is 3.49. The minimum Gasteiger partial charge on any atom is -0.468 e. The van der Waals surface area contributed by atoms with E-state index in [0.29, 0.717) is 0 Å². The Bertz CT molecular complexity index is 417. The normalized spacial score (nSPS) is 15.0. The highest BCUT2D eigenvalue weighted by Gasteiger charge is 2.31. The molecule has 2 atom stereocenters. The molecule has 1 aromatic rings. The Morgan fingerprint density at radius 3 is 2.22 bits per heavy atom. The van der Waals surface area contributed by atoms with E-state index < -0.39 is 29.2 Å². The summed E-state index contributed by atoms with van der Waals surface area (Å²) in [6.07, 6.45) is -5.88. The number of rotatable bonds is 3. The monoisotopic (exact) mass is 282 g/mol. The molecule has 0 aliphatic rings. The number of esters is 1. The van der Waals surface area contributed by atoms with E-state index in [0.717, 1.165) is 31.4 Å². The van der Waals surface area contributed by atoms with Gasteiger partial charge in [-0.1, -0.05) is 12.1 Å². The molecule has 3 nitrogen and oxygen atoms in total. The maximum Gasteiger partial charge on any atom is 0.416 e. The van der Waals surface area contributed by atoms with Gasteiger partial charge in [-0.3, -0.25) is 4.79 Å². The van der Waals surface area contributed by atoms with Gasteiger partial charge < -0.3 is 9.84 Å². The van der Waals surface area contributed by atoms with Gasteiger partial charge in [-0.2, -0.15) is 13.2 Å². The van der Waals surface area contributed by atoms with E-state index >= 15 is 0 Å². The molecule has 0 bridgehead atoms. The Morgan fingerprint density at radius 1 is 1.33 bits per heavy atom. The summed E-state index contributed by atoms with van der Waals surface area (Å²) < 4.78 is 41.2. The van der Waals surface area contributed by atoms with Crippen LogP contribution in [0.4, 0.5) is 13.2 Å². The van der Waals surface area contributed by atoms with Gasteiger partial charge in [-0.25, -0.2) is 0 Å². The zero-order valence-corrected chi connectivity index (χ0v) is 10.00. The fourth-order valence-electron chi connectivity index (χ4n) is 1.28. The van der Waals surface area contributed by atoms with Crippen molar-refractivity contribution in [3.8, 4) is 0 Å². The Balaban J connectivity index is 2.89. The first kappa shape index (κ1) is 14.8. The van der Waals surface area contributed by atoms with Crippen LogP contribution < -0.4 is 0 Å². The van der Waals surface area contributed by atoms with Crippen LogP contribution in [0.1, 0.15) is 17.2 Å². The van der Waals surface area contributed by atoms with Crippen molar-refractivity contribution in [2.75, 3.05) is 7.11 Å². The van der Waals surface area contributed by atoms with E-state index in [2.05, 4.69) is 4.74 Å². The Kier molecular flexibility index (Phi) is 4.59. The first-order chi connectivity index (χ1) is 8.27. The van der Waals surface area contributed by atoms with Gasteiger partial charge in [0.25, 0.3) is 0 Å². The van der Waals surface area contributed by atoms with Gasteiger partial charge in [0.05, 0.1) is 12.7 Å². The third kappa shape index (κ3) is 3.36. The van der Waals surface area contributed by atoms with Crippen LogP contribution in [-0.4, -0.2) is 23.6 Å². The number of aliphatic hydroxyl groups excluding tert-OH is 1. The fraction of sp³-hybridized carbons (Fsp3) is 0.364. The molecule has 0 radical (unpaired) electrons. The van der Waals surface area contributed by atoms with Crippen LogP contribution >= 0.6 is 11.6 Å². The Hall–Kier alpha value is -1.27. The second-order valence-corrected chi connectivity index (χ2v) is 3.96. The molecule has 0 aliphatic heterocycles. The number of carbonyl (C=O) groups is 1. The summed E-state index contributed by atoms with van der Waals surface area (Å²) in [6.45, 7) is 0. The topological polar surface area (TPSA) is 46.5 Å². The lowest BCUT2D eigenvalue weighted by Crippen LogP contribution is -2.24. The number of aliphatic hydroxyl groups is 1. The average molecular weight is 283 g/mol. The molecule has 0 aromatic heterocycles. The van der Waals surface area contributed by atoms with Gasteiger partial charge >= 0.3 is 12.1 Å². The maximum absolute atomic E-state index is 12.3. The zero-order valence-electron chi connectivity index (χ0n) is 9.24. The van der Waals surface area contributed by atoms with Crippen LogP contribution in [0, 0.1) is 0 Å². The van der Waals surface area contributed by atoms with Crippen molar-refractivity contribution in [2.24, 2.45) is 0 Å². The zero-order chi connectivity index (χ0) is 13.9. The minimum absolute atomic E-state index is 0.105. The number of ether oxygens (including phenoxy) is 1. The quantitative estimate of drug-likeness (QED) is 0.684. The van der Waals surface area contributed by atoms with Crippen molar-refractivity contribution in [1.29, 1.82) is 0 Å². The Morgan fingerprint density at radius 2 is 1.83 bits per heavy atom. The summed E-state index contributed by atoms with van der Waals surface area (Å²) in [5.74, 6) is -0.857. The lowest BCUT2D eigenvalue weighted by molar-refractivity contribution is -0.142. The van der Waals surface area contributed by atoms with Gasteiger partial charge in [-0.05, 0) is 17.7 Å². The number of alkyl halides is 4. The number of hydrogen-bond acceptors (Lipinski definition) is 3. The molecule has 7 heteroatoms. The standard InChI is InChI=1S/C11H10ClF3O3/c1-18-10(17)8(12)9(16)6-2-4-7(5-3-6)11(13,14)15/h2-5,8-9,16H,1H3. The molecule has 0 saturated carbocycles. The highest BCUT2D eigenvalue weighted by atomic mass is 35.5. The SMILES string of the molecule is COC(=O)C(Cl)C(O)c1ccc(C(F)(F)F)cc1. The van der Waals surface area contributed by atoms with Gasteiger partial charge in [0.15, 0.2) is 5.38 Å². The highest BCUT2D eigenvalue weighted by Crippen LogP contribution is 2.31. The summed E-state index contributed by atoms with van der Waals surface area (Å²) in [6, 6.07) is 3.73. The smallest absolute Gasteiger partial charge is 0.416 e. The lowest BCUT2D eigenvalue weighted by atomic mass is 10.0. The fourth-order valence-corrected chi connectivity index (χ4v) is 1.51. The number of halogens is 4. The van der Waals surface area contributed by atoms with Crippen LogP contribution in [0.3, 0.4) is 0 Å². The van der Waals surface area contributed by atoms with E-state index in [1.807, 2.05) is 0 Å². The van der Waals surface area contributed by atoms with E-state index in [9.17, 15) is 23.1 Å². The molecular weight excluding hydrogens is 273 g/mol. The molecule has 100 valence electrons. The summed E-state index contributed by atoms with van der Waals surface area (Å²) in [7, 11) is 1.09. The number of methoxy groups -OCH3 is 1. The van der Waals surface area contributed by atoms with Crippen molar-refractivity contribution in [1.82, 2.24) is 0 Å². The number of carbonyl (C=O) groups excluding carboxylic acids is 1. The molecule has 0 fully saturated rings. The van der Waals surface area contributed by atoms with E-state index in [1.165, 1.54) is 0 Å². The van der Waals surface area contributed by atoms with E-state index in [1.54, 1.807) is 0 Å². The predicted octanol–water partition coefficient (Wildman–Crippen LogP) is 2.52. The van der Waals surface area contributed by atoms with Crippen molar-refractivity contribution < 1.29 is 27.8 Å². The first-order valence-corrected chi connectivity index (χ1v) is 5.28. The van der Waals surface area contributed by atoms with Gasteiger partial charge in [-0.15, -0.1) is 11.6 Å². The molecule has 0 spiro atoms. The van der Waals surface area contributed by atoms with Gasteiger partial charge in [0.2, 0.25) is 0 Å². The molecular formula is C11H10ClF3O3. The lowest BCUT2D eigenvalue weighted by Gasteiger charge is -2.16. The summed E-state index contributed by atoms with van der Waals surface area (Å²) in [5.41, 5.74) is -0.740. The molecule has 1 rings (SSSR count). The Labute approximate surface area is 106 Å². The molecule has 0 aliphatic carbocycles. The molecule has 0 amide bonds. The van der Waals surface area contributed by atoms with Crippen molar-refractivity contribution >= 4 is 17.6 Å². The summed E-state index contributed by atoms with van der Waals surface area (Å²) in [4.78, 5) is 11.1. The molecule has 2 unspecified atom stereocenters. The largest absolute Gasteiger partial charge is 0.468 e. The van der Waals surface area contributed by atoms with Gasteiger partial charge in [0, 0.05) is 0 Å². The number of benzene rings is 1. The summed E-state index contributed by atoms with van der Waals surface area (Å²) >= 11 is 5.60. The molecule has 1 aromatic carbocycles. The molecule has 1 N–H and O–H groups in total. The second kappa shape index (κ2) is 5.58. The summed E-state index contributed by atoms with van der Waals surface area (Å²) in [5, 5.41) is 8.30. The van der Waals surface area contributed by atoms with E-state index in [-0.39, 0.29) is 5.56 Å². The van der Waals surface area contributed by atoms with Crippen molar-refractivity contribution in [2.45, 2.75) is 17.7 Å². The molecule has 0 heterocycles. The van der Waals surface area contributed by atoms with Crippen LogP contribution in [0.2, 0.25) is 0 Å². The van der Waals surface area contributed by atoms with Crippen LogP contribution in [-0.2, 0) is 15.7 Å². The predicted molar refractivity (Wildman–Crippen MR) is 58.1 cm³/mol. The highest BCUT2D eigenvalue weighted by molar-refractivity contribution is 6.30. The van der Waals surface area contributed by atoms with Crippen LogP contribution in [0.5, 0.6) is 0 Å². The van der Waals surface area contributed by atoms with Gasteiger partial charge in [0.1, 0.15) is 6.10 Å².